The van der Waals surface area contributed by atoms with Gasteiger partial charge < -0.3 is 10.1 Å². The molecule has 0 aromatic heterocycles. The van der Waals surface area contributed by atoms with Gasteiger partial charge in [0.25, 0.3) is 0 Å². The Balaban J connectivity index is 1.68. The number of rotatable bonds is 5. The largest absolute Gasteiger partial charge is 0.492 e. The summed E-state index contributed by atoms with van der Waals surface area (Å²) in [5.74, 6) is 1.83. The fraction of sp³-hybridized carbons (Fsp3) is 0.625. The van der Waals surface area contributed by atoms with Crippen molar-refractivity contribution in [3.05, 3.63) is 29.8 Å². The zero-order valence-corrected chi connectivity index (χ0v) is 11.6. The van der Waals surface area contributed by atoms with Gasteiger partial charge in [0.1, 0.15) is 12.4 Å². The highest BCUT2D eigenvalue weighted by molar-refractivity contribution is 5.31. The van der Waals surface area contributed by atoms with Crippen LogP contribution >= 0.6 is 0 Å². The van der Waals surface area contributed by atoms with E-state index in [1.807, 2.05) is 18.2 Å². The van der Waals surface area contributed by atoms with E-state index in [2.05, 4.69) is 25.2 Å². The van der Waals surface area contributed by atoms with Crippen LogP contribution < -0.4 is 10.1 Å². The van der Waals surface area contributed by atoms with E-state index in [4.69, 9.17) is 4.74 Å². The average molecular weight is 247 g/mol. The van der Waals surface area contributed by atoms with Crippen molar-refractivity contribution in [3.8, 4) is 5.75 Å². The number of hydrogen-bond acceptors (Lipinski definition) is 2. The van der Waals surface area contributed by atoms with E-state index in [9.17, 15) is 0 Å². The highest BCUT2D eigenvalue weighted by Gasteiger charge is 2.20. The minimum atomic E-state index is 0.694. The Hall–Kier alpha value is -1.02. The normalized spacial score (nSPS) is 23.9. The molecule has 0 amide bonds. The second-order valence-corrected chi connectivity index (χ2v) is 5.44. The van der Waals surface area contributed by atoms with Crippen LogP contribution in [0, 0.1) is 12.8 Å². The van der Waals surface area contributed by atoms with Gasteiger partial charge in [0.2, 0.25) is 0 Å². The standard InChI is InChI=1S/C16H25NO/c1-13-7-3-5-9-15(13)17-11-12-18-16-10-6-4-8-14(16)2/h4,6,8,10,13,15,17H,3,5,7,9,11-12H2,1-2H3. The molecule has 0 heterocycles. The molecule has 0 aliphatic heterocycles. The van der Waals surface area contributed by atoms with E-state index >= 15 is 0 Å². The fourth-order valence-electron chi connectivity index (χ4n) is 2.74. The van der Waals surface area contributed by atoms with Crippen LogP contribution in [-0.2, 0) is 0 Å². The van der Waals surface area contributed by atoms with Gasteiger partial charge in [-0.3, -0.25) is 0 Å². The summed E-state index contributed by atoms with van der Waals surface area (Å²) in [7, 11) is 0. The van der Waals surface area contributed by atoms with Crippen LogP contribution in [0.1, 0.15) is 38.2 Å². The Morgan fingerprint density at radius 2 is 2.00 bits per heavy atom. The lowest BCUT2D eigenvalue weighted by atomic mass is 9.86. The van der Waals surface area contributed by atoms with Gasteiger partial charge in [-0.15, -0.1) is 0 Å². The SMILES string of the molecule is Cc1ccccc1OCCNC1CCCCC1C. The molecule has 2 heteroatoms. The Labute approximate surface area is 111 Å². The molecule has 0 radical (unpaired) electrons. The molecule has 0 bridgehead atoms. The summed E-state index contributed by atoms with van der Waals surface area (Å²) in [5.41, 5.74) is 1.21. The third kappa shape index (κ3) is 3.74. The lowest BCUT2D eigenvalue weighted by Gasteiger charge is -2.29. The van der Waals surface area contributed by atoms with Gasteiger partial charge in [-0.25, -0.2) is 0 Å². The Kier molecular flexibility index (Phi) is 5.06. The van der Waals surface area contributed by atoms with Crippen LogP contribution in [0.4, 0.5) is 0 Å². The van der Waals surface area contributed by atoms with Crippen LogP contribution in [0.3, 0.4) is 0 Å². The maximum Gasteiger partial charge on any atom is 0.122 e. The van der Waals surface area contributed by atoms with E-state index in [0.717, 1.165) is 24.8 Å². The molecule has 2 atom stereocenters. The smallest absolute Gasteiger partial charge is 0.122 e. The predicted octanol–water partition coefficient (Wildman–Crippen LogP) is 3.54. The van der Waals surface area contributed by atoms with Gasteiger partial charge in [0, 0.05) is 12.6 Å². The summed E-state index contributed by atoms with van der Waals surface area (Å²) in [6, 6.07) is 8.90. The number of aryl methyl sites for hydroxylation is 1. The third-order valence-corrected chi connectivity index (χ3v) is 3.97. The van der Waals surface area contributed by atoms with Crippen molar-refractivity contribution < 1.29 is 4.74 Å². The highest BCUT2D eigenvalue weighted by atomic mass is 16.5. The Bertz CT molecular complexity index is 364. The van der Waals surface area contributed by atoms with Crippen molar-refractivity contribution in [2.45, 2.75) is 45.6 Å². The molecule has 1 aromatic rings. The quantitative estimate of drug-likeness (QED) is 0.804. The molecule has 1 aromatic carbocycles. The lowest BCUT2D eigenvalue weighted by molar-refractivity contribution is 0.250. The number of hydrogen-bond donors (Lipinski definition) is 1. The van der Waals surface area contributed by atoms with E-state index in [-0.39, 0.29) is 0 Å². The summed E-state index contributed by atoms with van der Waals surface area (Å²) in [6.07, 6.45) is 5.47. The summed E-state index contributed by atoms with van der Waals surface area (Å²) < 4.78 is 5.80. The maximum absolute atomic E-state index is 5.80. The number of nitrogens with one attached hydrogen (secondary N) is 1. The molecule has 1 aliphatic carbocycles. The number of ether oxygens (including phenoxy) is 1. The van der Waals surface area contributed by atoms with Gasteiger partial charge >= 0.3 is 0 Å². The van der Waals surface area contributed by atoms with E-state index in [1.54, 1.807) is 0 Å². The number of para-hydroxylation sites is 1. The number of benzene rings is 1. The molecule has 2 nitrogen and oxygen atoms in total. The summed E-state index contributed by atoms with van der Waals surface area (Å²) in [4.78, 5) is 0. The second kappa shape index (κ2) is 6.79. The minimum Gasteiger partial charge on any atom is -0.492 e. The van der Waals surface area contributed by atoms with E-state index < -0.39 is 0 Å². The van der Waals surface area contributed by atoms with Crippen molar-refractivity contribution >= 4 is 0 Å². The average Bonchev–Trinajstić information content (AvgIpc) is 2.38. The first kappa shape index (κ1) is 13.4. The molecular formula is C16H25NO. The van der Waals surface area contributed by atoms with Gasteiger partial charge in [-0.1, -0.05) is 38.0 Å². The van der Waals surface area contributed by atoms with Gasteiger partial charge in [-0.2, -0.15) is 0 Å². The molecule has 100 valence electrons. The molecule has 1 aliphatic rings. The third-order valence-electron chi connectivity index (χ3n) is 3.97. The van der Waals surface area contributed by atoms with Crippen LogP contribution in [0.2, 0.25) is 0 Å². The molecule has 1 saturated carbocycles. The monoisotopic (exact) mass is 247 g/mol. The van der Waals surface area contributed by atoms with Crippen molar-refractivity contribution in [2.24, 2.45) is 5.92 Å². The van der Waals surface area contributed by atoms with Crippen LogP contribution in [0.25, 0.3) is 0 Å². The van der Waals surface area contributed by atoms with E-state index in [0.29, 0.717) is 6.04 Å². The highest BCUT2D eigenvalue weighted by Crippen LogP contribution is 2.23. The molecule has 2 rings (SSSR count). The zero-order valence-electron chi connectivity index (χ0n) is 11.6. The van der Waals surface area contributed by atoms with Crippen molar-refractivity contribution in [1.82, 2.24) is 5.32 Å². The van der Waals surface area contributed by atoms with Crippen molar-refractivity contribution in [2.75, 3.05) is 13.2 Å². The minimum absolute atomic E-state index is 0.694. The first-order valence-corrected chi connectivity index (χ1v) is 7.19. The molecule has 2 unspecified atom stereocenters. The van der Waals surface area contributed by atoms with Crippen LogP contribution in [-0.4, -0.2) is 19.2 Å². The fourth-order valence-corrected chi connectivity index (χ4v) is 2.74. The molecule has 0 saturated heterocycles. The van der Waals surface area contributed by atoms with Crippen LogP contribution in [0.15, 0.2) is 24.3 Å². The summed E-state index contributed by atoms with van der Waals surface area (Å²) in [5, 5.41) is 3.64. The molecule has 1 fully saturated rings. The first-order chi connectivity index (χ1) is 8.77. The van der Waals surface area contributed by atoms with Gasteiger partial charge in [0.05, 0.1) is 0 Å². The summed E-state index contributed by atoms with van der Waals surface area (Å²) >= 11 is 0. The van der Waals surface area contributed by atoms with Crippen molar-refractivity contribution in [3.63, 3.8) is 0 Å². The van der Waals surface area contributed by atoms with Crippen molar-refractivity contribution in [1.29, 1.82) is 0 Å². The van der Waals surface area contributed by atoms with E-state index in [1.165, 1.54) is 31.2 Å². The molecule has 0 spiro atoms. The molecule has 18 heavy (non-hydrogen) atoms. The maximum atomic E-state index is 5.80. The molecular weight excluding hydrogens is 222 g/mol. The lowest BCUT2D eigenvalue weighted by Crippen LogP contribution is -2.39. The first-order valence-electron chi connectivity index (χ1n) is 7.19. The predicted molar refractivity (Wildman–Crippen MR) is 76.1 cm³/mol. The molecule has 1 N–H and O–H groups in total. The second-order valence-electron chi connectivity index (χ2n) is 5.44. The van der Waals surface area contributed by atoms with Crippen LogP contribution in [0.5, 0.6) is 5.75 Å². The Morgan fingerprint density at radius 3 is 2.78 bits per heavy atom. The Morgan fingerprint density at radius 1 is 1.22 bits per heavy atom. The topological polar surface area (TPSA) is 21.3 Å². The van der Waals surface area contributed by atoms with Gasteiger partial charge in [0.15, 0.2) is 0 Å². The van der Waals surface area contributed by atoms with Gasteiger partial charge in [-0.05, 0) is 37.3 Å². The summed E-state index contributed by atoms with van der Waals surface area (Å²) in [6.45, 7) is 6.16. The zero-order chi connectivity index (χ0) is 12.8.